The Labute approximate surface area is 101 Å². The quantitative estimate of drug-likeness (QED) is 0.790. The summed E-state index contributed by atoms with van der Waals surface area (Å²) in [4.78, 5) is 17.4. The Balaban J connectivity index is 2.08. The zero-order chi connectivity index (χ0) is 12.3. The SMILES string of the molecule is NCC1CCCN(c2ccc(C(N)=O)cn2)C1. The molecule has 0 spiro atoms. The predicted molar refractivity (Wildman–Crippen MR) is 66.7 cm³/mol. The molecule has 2 heterocycles. The minimum atomic E-state index is -0.442. The number of hydrogen-bond donors (Lipinski definition) is 2. The second kappa shape index (κ2) is 5.14. The molecule has 0 saturated carbocycles. The van der Waals surface area contributed by atoms with Crippen molar-refractivity contribution in [1.29, 1.82) is 0 Å². The Kier molecular flexibility index (Phi) is 3.58. The van der Waals surface area contributed by atoms with Crippen LogP contribution in [0, 0.1) is 5.92 Å². The molecule has 0 bridgehead atoms. The highest BCUT2D eigenvalue weighted by molar-refractivity contribution is 5.92. The van der Waals surface area contributed by atoms with Crippen LogP contribution in [0.1, 0.15) is 23.2 Å². The van der Waals surface area contributed by atoms with E-state index in [0.29, 0.717) is 11.5 Å². The summed E-state index contributed by atoms with van der Waals surface area (Å²) in [5.74, 6) is 0.997. The van der Waals surface area contributed by atoms with Gasteiger partial charge in [0.25, 0.3) is 0 Å². The van der Waals surface area contributed by atoms with Crippen LogP contribution in [0.25, 0.3) is 0 Å². The highest BCUT2D eigenvalue weighted by Crippen LogP contribution is 2.20. The van der Waals surface area contributed by atoms with Crippen LogP contribution in [0.3, 0.4) is 0 Å². The average Bonchev–Trinajstić information content (AvgIpc) is 2.39. The topological polar surface area (TPSA) is 85.2 Å². The monoisotopic (exact) mass is 234 g/mol. The van der Waals surface area contributed by atoms with Crippen LogP contribution in [0.15, 0.2) is 18.3 Å². The van der Waals surface area contributed by atoms with Gasteiger partial charge in [0, 0.05) is 19.3 Å². The average molecular weight is 234 g/mol. The summed E-state index contributed by atoms with van der Waals surface area (Å²) in [5.41, 5.74) is 11.3. The second-order valence-electron chi connectivity index (χ2n) is 4.46. The first-order chi connectivity index (χ1) is 8.20. The molecule has 1 aromatic heterocycles. The Hall–Kier alpha value is -1.62. The molecule has 1 saturated heterocycles. The van der Waals surface area contributed by atoms with Gasteiger partial charge in [0.15, 0.2) is 0 Å². The van der Waals surface area contributed by atoms with Gasteiger partial charge in [0.1, 0.15) is 5.82 Å². The minimum absolute atomic E-state index is 0.442. The zero-order valence-electron chi connectivity index (χ0n) is 9.80. The Bertz CT molecular complexity index is 390. The highest BCUT2D eigenvalue weighted by Gasteiger charge is 2.19. The number of piperidine rings is 1. The number of hydrogen-bond acceptors (Lipinski definition) is 4. The van der Waals surface area contributed by atoms with Crippen LogP contribution in [0.5, 0.6) is 0 Å². The molecule has 5 nitrogen and oxygen atoms in total. The fraction of sp³-hybridized carbons (Fsp3) is 0.500. The molecule has 0 aromatic carbocycles. The number of rotatable bonds is 3. The van der Waals surface area contributed by atoms with Crippen LogP contribution in [-0.4, -0.2) is 30.5 Å². The van der Waals surface area contributed by atoms with E-state index in [0.717, 1.165) is 31.9 Å². The van der Waals surface area contributed by atoms with Gasteiger partial charge in [-0.15, -0.1) is 0 Å². The van der Waals surface area contributed by atoms with Crippen molar-refractivity contribution >= 4 is 11.7 Å². The summed E-state index contributed by atoms with van der Waals surface area (Å²) in [6.45, 7) is 2.66. The summed E-state index contributed by atoms with van der Waals surface area (Å²) >= 11 is 0. The Morgan fingerprint density at radius 3 is 2.94 bits per heavy atom. The van der Waals surface area contributed by atoms with Crippen LogP contribution in [0.2, 0.25) is 0 Å². The van der Waals surface area contributed by atoms with E-state index in [1.54, 1.807) is 6.07 Å². The number of nitrogens with two attached hydrogens (primary N) is 2. The standard InChI is InChI=1S/C12H18N4O/c13-6-9-2-1-5-16(8-9)11-4-3-10(7-15-11)12(14)17/h3-4,7,9H,1-2,5-6,8,13H2,(H2,14,17). The molecule has 17 heavy (non-hydrogen) atoms. The molecule has 1 aliphatic heterocycles. The van der Waals surface area contributed by atoms with E-state index in [1.165, 1.54) is 12.6 Å². The molecule has 4 N–H and O–H groups in total. The molecule has 5 heteroatoms. The van der Waals surface area contributed by atoms with Gasteiger partial charge in [-0.3, -0.25) is 4.79 Å². The maximum atomic E-state index is 10.9. The zero-order valence-corrected chi connectivity index (χ0v) is 9.80. The summed E-state index contributed by atoms with van der Waals surface area (Å²) in [5, 5.41) is 0. The number of pyridine rings is 1. The number of aromatic nitrogens is 1. The van der Waals surface area contributed by atoms with Gasteiger partial charge >= 0.3 is 0 Å². The van der Waals surface area contributed by atoms with Crippen molar-refractivity contribution < 1.29 is 4.79 Å². The van der Waals surface area contributed by atoms with E-state index in [4.69, 9.17) is 11.5 Å². The maximum absolute atomic E-state index is 10.9. The number of amides is 1. The molecule has 92 valence electrons. The van der Waals surface area contributed by atoms with Gasteiger partial charge in [0.2, 0.25) is 5.91 Å². The first kappa shape index (κ1) is 11.9. The lowest BCUT2D eigenvalue weighted by molar-refractivity contribution is 0.1000. The number of carbonyl (C=O) groups is 1. The normalized spacial score (nSPS) is 20.3. The second-order valence-corrected chi connectivity index (χ2v) is 4.46. The van der Waals surface area contributed by atoms with Gasteiger partial charge in [-0.1, -0.05) is 0 Å². The lowest BCUT2D eigenvalue weighted by Crippen LogP contribution is -2.38. The van der Waals surface area contributed by atoms with Crippen molar-refractivity contribution in [2.75, 3.05) is 24.5 Å². The lowest BCUT2D eigenvalue weighted by Gasteiger charge is -2.33. The fourth-order valence-electron chi connectivity index (χ4n) is 2.18. The van der Waals surface area contributed by atoms with Crippen LogP contribution >= 0.6 is 0 Å². The van der Waals surface area contributed by atoms with E-state index < -0.39 is 5.91 Å². The smallest absolute Gasteiger partial charge is 0.250 e. The van der Waals surface area contributed by atoms with Gasteiger partial charge in [-0.2, -0.15) is 0 Å². The molecule has 2 rings (SSSR count). The Morgan fingerprint density at radius 1 is 1.53 bits per heavy atom. The molecule has 1 aromatic rings. The van der Waals surface area contributed by atoms with Gasteiger partial charge in [-0.05, 0) is 37.4 Å². The molecular weight excluding hydrogens is 216 g/mol. The third kappa shape index (κ3) is 2.74. The molecule has 1 fully saturated rings. The summed E-state index contributed by atoms with van der Waals surface area (Å²) < 4.78 is 0. The summed E-state index contributed by atoms with van der Waals surface area (Å²) in [7, 11) is 0. The number of anilines is 1. The molecule has 1 aliphatic rings. The van der Waals surface area contributed by atoms with Gasteiger partial charge in [0.05, 0.1) is 5.56 Å². The number of primary amides is 1. The van der Waals surface area contributed by atoms with Crippen molar-refractivity contribution in [3.63, 3.8) is 0 Å². The van der Waals surface area contributed by atoms with Crippen molar-refractivity contribution in [3.05, 3.63) is 23.9 Å². The first-order valence-corrected chi connectivity index (χ1v) is 5.91. The van der Waals surface area contributed by atoms with Crippen molar-refractivity contribution in [1.82, 2.24) is 4.98 Å². The Morgan fingerprint density at radius 2 is 2.35 bits per heavy atom. The van der Waals surface area contributed by atoms with E-state index >= 15 is 0 Å². The molecule has 1 atom stereocenters. The lowest BCUT2D eigenvalue weighted by atomic mass is 9.98. The third-order valence-corrected chi connectivity index (χ3v) is 3.21. The van der Waals surface area contributed by atoms with E-state index in [9.17, 15) is 4.79 Å². The fourth-order valence-corrected chi connectivity index (χ4v) is 2.18. The van der Waals surface area contributed by atoms with Crippen molar-refractivity contribution in [2.24, 2.45) is 17.4 Å². The molecule has 1 amide bonds. The van der Waals surface area contributed by atoms with Gasteiger partial charge in [-0.25, -0.2) is 4.98 Å². The van der Waals surface area contributed by atoms with Crippen molar-refractivity contribution in [2.45, 2.75) is 12.8 Å². The molecule has 0 aliphatic carbocycles. The van der Waals surface area contributed by atoms with E-state index in [-0.39, 0.29) is 0 Å². The first-order valence-electron chi connectivity index (χ1n) is 5.91. The number of nitrogens with zero attached hydrogens (tertiary/aromatic N) is 2. The molecule has 1 unspecified atom stereocenters. The number of carbonyl (C=O) groups excluding carboxylic acids is 1. The predicted octanol–water partition coefficient (Wildman–Crippen LogP) is 0.356. The van der Waals surface area contributed by atoms with Crippen LogP contribution < -0.4 is 16.4 Å². The minimum Gasteiger partial charge on any atom is -0.366 e. The maximum Gasteiger partial charge on any atom is 0.250 e. The van der Waals surface area contributed by atoms with E-state index in [1.807, 2.05) is 6.07 Å². The molecule has 0 radical (unpaired) electrons. The van der Waals surface area contributed by atoms with Gasteiger partial charge < -0.3 is 16.4 Å². The largest absolute Gasteiger partial charge is 0.366 e. The van der Waals surface area contributed by atoms with Crippen molar-refractivity contribution in [3.8, 4) is 0 Å². The van der Waals surface area contributed by atoms with Crippen LogP contribution in [0.4, 0.5) is 5.82 Å². The molecular formula is C12H18N4O. The summed E-state index contributed by atoms with van der Waals surface area (Å²) in [6, 6.07) is 3.57. The highest BCUT2D eigenvalue weighted by atomic mass is 16.1. The summed E-state index contributed by atoms with van der Waals surface area (Å²) in [6.07, 6.45) is 3.86. The van der Waals surface area contributed by atoms with E-state index in [2.05, 4.69) is 9.88 Å². The van der Waals surface area contributed by atoms with Crippen LogP contribution in [-0.2, 0) is 0 Å². The third-order valence-electron chi connectivity index (χ3n) is 3.21.